The molecule has 8 nitrogen and oxygen atoms in total. The summed E-state index contributed by atoms with van der Waals surface area (Å²) in [6.07, 6.45) is -0.763. The van der Waals surface area contributed by atoms with E-state index in [4.69, 9.17) is 9.47 Å². The molecule has 2 aromatic rings. The number of ether oxygens (including phenoxy) is 2. The first-order chi connectivity index (χ1) is 16.3. The summed E-state index contributed by atoms with van der Waals surface area (Å²) < 4.78 is 10.8. The Hall–Kier alpha value is -3.04. The van der Waals surface area contributed by atoms with Gasteiger partial charge in [-0.25, -0.2) is 9.59 Å². The fourth-order valence-electron chi connectivity index (χ4n) is 4.73. The molecule has 0 aromatic heterocycles. The zero-order valence-corrected chi connectivity index (χ0v) is 20.1. The zero-order valence-electron chi connectivity index (χ0n) is 19.3. The molecule has 3 unspecified atom stereocenters. The topological polar surface area (TPSA) is 105 Å². The number of rotatable bonds is 7. The van der Waals surface area contributed by atoms with Gasteiger partial charge in [-0.1, -0.05) is 48.5 Å². The molecule has 1 fully saturated rings. The number of fused-ring (bicyclic) bond motifs is 3. The molecule has 2 aliphatic rings. The zero-order chi connectivity index (χ0) is 24.5. The van der Waals surface area contributed by atoms with Crippen LogP contribution in [0.5, 0.6) is 0 Å². The summed E-state index contributed by atoms with van der Waals surface area (Å²) in [5, 5.41) is 11.8. The van der Waals surface area contributed by atoms with Crippen molar-refractivity contribution in [3.63, 3.8) is 0 Å². The Bertz CT molecular complexity index is 1060. The summed E-state index contributed by atoms with van der Waals surface area (Å²) in [4.78, 5) is 39.2. The fourth-order valence-corrected chi connectivity index (χ4v) is 5.89. The van der Waals surface area contributed by atoms with E-state index in [1.807, 2.05) is 36.4 Å². The third-order valence-electron chi connectivity index (χ3n) is 6.37. The van der Waals surface area contributed by atoms with E-state index in [2.05, 4.69) is 17.4 Å². The van der Waals surface area contributed by atoms with Gasteiger partial charge < -0.3 is 24.8 Å². The van der Waals surface area contributed by atoms with Crippen molar-refractivity contribution in [1.29, 1.82) is 0 Å². The highest BCUT2D eigenvalue weighted by Gasteiger charge is 2.47. The highest BCUT2D eigenvalue weighted by atomic mass is 32.2. The van der Waals surface area contributed by atoms with E-state index in [1.54, 1.807) is 6.92 Å². The first kappa shape index (κ1) is 24.1. The van der Waals surface area contributed by atoms with Crippen LogP contribution in [-0.2, 0) is 19.1 Å². The minimum Gasteiger partial charge on any atom is -0.480 e. The molecule has 4 rings (SSSR count). The van der Waals surface area contributed by atoms with Gasteiger partial charge in [0, 0.05) is 18.8 Å². The van der Waals surface area contributed by atoms with Gasteiger partial charge in [-0.2, -0.15) is 0 Å². The van der Waals surface area contributed by atoms with Crippen molar-refractivity contribution in [2.24, 2.45) is 0 Å². The normalized spacial score (nSPS) is 20.9. The van der Waals surface area contributed by atoms with E-state index >= 15 is 0 Å². The van der Waals surface area contributed by atoms with Gasteiger partial charge in [0.15, 0.2) is 0 Å². The fraction of sp³-hybridized carbons (Fsp3) is 0.400. The summed E-state index contributed by atoms with van der Waals surface area (Å²) in [5.41, 5.74) is 2.92. The van der Waals surface area contributed by atoms with E-state index in [1.165, 1.54) is 30.7 Å². The molecule has 0 saturated carbocycles. The predicted octanol–water partition coefficient (Wildman–Crippen LogP) is 3.30. The van der Waals surface area contributed by atoms with Gasteiger partial charge in [0.25, 0.3) is 5.91 Å². The minimum absolute atomic E-state index is 0.102. The lowest BCUT2D eigenvalue weighted by atomic mass is 9.98. The maximum absolute atomic E-state index is 13.4. The minimum atomic E-state index is -1.48. The largest absolute Gasteiger partial charge is 0.480 e. The van der Waals surface area contributed by atoms with Gasteiger partial charge in [0.05, 0.1) is 12.0 Å². The molecular formula is C25H28N2O6S. The summed E-state index contributed by atoms with van der Waals surface area (Å²) in [6, 6.07) is 15.1. The van der Waals surface area contributed by atoms with Gasteiger partial charge in [-0.3, -0.25) is 4.79 Å². The predicted molar refractivity (Wildman–Crippen MR) is 129 cm³/mol. The Kier molecular flexibility index (Phi) is 6.86. The summed E-state index contributed by atoms with van der Waals surface area (Å²) in [6.45, 7) is 3.27. The van der Waals surface area contributed by atoms with Crippen molar-refractivity contribution >= 4 is 29.7 Å². The molecule has 1 aliphatic heterocycles. The Balaban J connectivity index is 1.49. The van der Waals surface area contributed by atoms with Crippen LogP contribution < -0.4 is 5.32 Å². The highest BCUT2D eigenvalue weighted by molar-refractivity contribution is 8.00. The van der Waals surface area contributed by atoms with E-state index in [9.17, 15) is 19.5 Å². The standard InChI is InChI=1S/C25H28N2O6S/c1-15-27(21(13-34-15)22(28)29)23(30)25(2,14-32-3)26-24(31)33-12-20-18-10-6-4-8-16(18)17-9-5-7-11-19(17)20/h4-11,15,20-21H,12-14H2,1-3H3,(H,26,31)(H,28,29). The molecule has 0 radical (unpaired) electrons. The Morgan fingerprint density at radius 3 is 2.26 bits per heavy atom. The van der Waals surface area contributed by atoms with Crippen molar-refractivity contribution in [2.75, 3.05) is 26.1 Å². The lowest BCUT2D eigenvalue weighted by Crippen LogP contribution is -2.63. The summed E-state index contributed by atoms with van der Waals surface area (Å²) in [7, 11) is 1.42. The number of hydrogen-bond donors (Lipinski definition) is 2. The number of nitrogens with zero attached hydrogens (tertiary/aromatic N) is 1. The van der Waals surface area contributed by atoms with Gasteiger partial charge in [0.1, 0.15) is 18.2 Å². The molecule has 9 heteroatoms. The third kappa shape index (κ3) is 4.37. The number of nitrogens with one attached hydrogen (secondary N) is 1. The van der Waals surface area contributed by atoms with Crippen LogP contribution in [0, 0.1) is 0 Å². The van der Waals surface area contributed by atoms with Crippen LogP contribution in [-0.4, -0.2) is 71.0 Å². The number of aliphatic carboxylic acids is 1. The van der Waals surface area contributed by atoms with E-state index < -0.39 is 29.6 Å². The second-order valence-electron chi connectivity index (χ2n) is 8.71. The first-order valence-electron chi connectivity index (χ1n) is 11.1. The lowest BCUT2D eigenvalue weighted by molar-refractivity contribution is -0.152. The van der Waals surface area contributed by atoms with Gasteiger partial charge in [-0.05, 0) is 36.1 Å². The van der Waals surface area contributed by atoms with Crippen LogP contribution in [0.4, 0.5) is 4.79 Å². The third-order valence-corrected chi connectivity index (χ3v) is 7.59. The Morgan fingerprint density at radius 1 is 1.12 bits per heavy atom. The number of carboxylic acids is 1. The molecule has 34 heavy (non-hydrogen) atoms. The number of hydrogen-bond acceptors (Lipinski definition) is 6. The van der Waals surface area contributed by atoms with Crippen LogP contribution in [0.3, 0.4) is 0 Å². The maximum Gasteiger partial charge on any atom is 0.408 e. The second kappa shape index (κ2) is 9.68. The maximum atomic E-state index is 13.4. The monoisotopic (exact) mass is 484 g/mol. The molecule has 1 aliphatic carbocycles. The molecule has 2 N–H and O–H groups in total. The number of methoxy groups -OCH3 is 1. The Morgan fingerprint density at radius 2 is 1.71 bits per heavy atom. The van der Waals surface area contributed by atoms with E-state index in [0.29, 0.717) is 0 Å². The van der Waals surface area contributed by atoms with Gasteiger partial charge >= 0.3 is 12.1 Å². The SMILES string of the molecule is COCC(C)(NC(=O)OCC1c2ccccc2-c2ccccc21)C(=O)N1C(C)SCC1C(=O)O. The van der Waals surface area contributed by atoms with Crippen LogP contribution in [0.1, 0.15) is 30.9 Å². The Labute approximate surface area is 202 Å². The van der Waals surface area contributed by atoms with Crippen LogP contribution >= 0.6 is 11.8 Å². The summed E-state index contributed by atoms with van der Waals surface area (Å²) >= 11 is 1.38. The van der Waals surface area contributed by atoms with Crippen molar-refractivity contribution < 1.29 is 29.0 Å². The van der Waals surface area contributed by atoms with E-state index in [-0.39, 0.29) is 30.3 Å². The molecular weight excluding hydrogens is 456 g/mol. The number of carbonyl (C=O) groups is 3. The highest BCUT2D eigenvalue weighted by Crippen LogP contribution is 2.44. The van der Waals surface area contributed by atoms with E-state index in [0.717, 1.165) is 22.3 Å². The number of benzene rings is 2. The first-order valence-corrected chi connectivity index (χ1v) is 12.1. The smallest absolute Gasteiger partial charge is 0.408 e. The molecule has 0 spiro atoms. The van der Waals surface area contributed by atoms with Gasteiger partial charge in [0.2, 0.25) is 0 Å². The molecule has 2 amide bonds. The van der Waals surface area contributed by atoms with Crippen molar-refractivity contribution in [3.8, 4) is 11.1 Å². The average molecular weight is 485 g/mol. The second-order valence-corrected chi connectivity index (χ2v) is 10.1. The number of carboxylic acid groups (broad SMARTS) is 1. The summed E-state index contributed by atoms with van der Waals surface area (Å²) in [5.74, 6) is -1.43. The molecule has 180 valence electrons. The molecule has 0 bridgehead atoms. The quantitative estimate of drug-likeness (QED) is 0.621. The van der Waals surface area contributed by atoms with Crippen molar-refractivity contribution in [3.05, 3.63) is 59.7 Å². The van der Waals surface area contributed by atoms with Crippen molar-refractivity contribution in [2.45, 2.75) is 36.7 Å². The van der Waals surface area contributed by atoms with Crippen LogP contribution in [0.25, 0.3) is 11.1 Å². The lowest BCUT2D eigenvalue weighted by Gasteiger charge is -2.35. The van der Waals surface area contributed by atoms with Gasteiger partial charge in [-0.15, -0.1) is 11.8 Å². The number of carbonyl (C=O) groups excluding carboxylic acids is 2. The molecule has 1 heterocycles. The molecule has 3 atom stereocenters. The van der Waals surface area contributed by atoms with Crippen molar-refractivity contribution in [1.82, 2.24) is 10.2 Å². The number of thioether (sulfide) groups is 1. The average Bonchev–Trinajstić information content (AvgIpc) is 3.35. The molecule has 1 saturated heterocycles. The van der Waals surface area contributed by atoms with Crippen LogP contribution in [0.15, 0.2) is 48.5 Å². The number of amides is 2. The number of alkyl carbamates (subject to hydrolysis) is 1. The van der Waals surface area contributed by atoms with Crippen LogP contribution in [0.2, 0.25) is 0 Å². The molecule has 2 aromatic carbocycles.